The van der Waals surface area contributed by atoms with E-state index in [0.717, 1.165) is 18.7 Å². The molecule has 0 radical (unpaired) electrons. The third-order valence-corrected chi connectivity index (χ3v) is 3.88. The minimum atomic E-state index is -0.552. The number of nitrogens with one attached hydrogen (secondary N) is 1. The first kappa shape index (κ1) is 14.7. The molecule has 0 bridgehead atoms. The Bertz CT molecular complexity index is 513. The van der Waals surface area contributed by atoms with Gasteiger partial charge in [0.05, 0.1) is 30.9 Å². The molecular weight excluding hydrogens is 259 g/mol. The molecule has 1 aliphatic rings. The van der Waals surface area contributed by atoms with E-state index < -0.39 is 5.97 Å². The van der Waals surface area contributed by atoms with Gasteiger partial charge in [-0.15, -0.1) is 0 Å². The number of oxime groups is 1. The Labute approximate surface area is 118 Å². The van der Waals surface area contributed by atoms with Crippen LogP contribution in [-0.4, -0.2) is 31.3 Å². The molecule has 1 fully saturated rings. The Balaban J connectivity index is 2.01. The standard InChI is InChI=1S/C15H19FN2O2/c1-10-9-18(3)11(2)8-14(10)17-20-15(19)12-4-6-13(16)7-5-12/h4-7,10-11H,8-9H2,1-3H3/p+1/b17-14-/t10-,11+/m0/s1. The van der Waals surface area contributed by atoms with E-state index in [1.54, 1.807) is 0 Å². The van der Waals surface area contributed by atoms with Crippen molar-refractivity contribution in [2.24, 2.45) is 11.1 Å². The molecule has 20 heavy (non-hydrogen) atoms. The van der Waals surface area contributed by atoms with E-state index in [4.69, 9.17) is 4.84 Å². The van der Waals surface area contributed by atoms with Crippen LogP contribution in [0.2, 0.25) is 0 Å². The quantitative estimate of drug-likeness (QED) is 0.654. The van der Waals surface area contributed by atoms with E-state index in [-0.39, 0.29) is 5.82 Å². The molecule has 1 heterocycles. The van der Waals surface area contributed by atoms with Crippen molar-refractivity contribution in [3.63, 3.8) is 0 Å². The number of halogens is 1. The van der Waals surface area contributed by atoms with Crippen LogP contribution >= 0.6 is 0 Å². The van der Waals surface area contributed by atoms with Gasteiger partial charge in [-0.2, -0.15) is 0 Å². The minimum Gasteiger partial charge on any atom is -0.334 e. The highest BCUT2D eigenvalue weighted by atomic mass is 19.1. The van der Waals surface area contributed by atoms with Crippen molar-refractivity contribution >= 4 is 11.7 Å². The van der Waals surface area contributed by atoms with E-state index in [0.29, 0.717) is 17.5 Å². The Hall–Kier alpha value is -1.75. The van der Waals surface area contributed by atoms with Crippen molar-refractivity contribution in [2.75, 3.05) is 13.6 Å². The number of rotatable bonds is 2. The van der Waals surface area contributed by atoms with Crippen molar-refractivity contribution in [1.29, 1.82) is 0 Å². The maximum Gasteiger partial charge on any atom is 0.365 e. The Kier molecular flexibility index (Phi) is 4.49. The summed E-state index contributed by atoms with van der Waals surface area (Å²) in [6.45, 7) is 5.21. The van der Waals surface area contributed by atoms with Gasteiger partial charge in [-0.05, 0) is 31.2 Å². The number of hydrogen-bond donors (Lipinski definition) is 1. The number of quaternary nitrogens is 1. The molecule has 108 valence electrons. The lowest BCUT2D eigenvalue weighted by atomic mass is 9.93. The molecule has 5 heteroatoms. The summed E-state index contributed by atoms with van der Waals surface area (Å²) in [6.07, 6.45) is 0.823. The average Bonchev–Trinajstić information content (AvgIpc) is 2.42. The van der Waals surface area contributed by atoms with Crippen molar-refractivity contribution < 1.29 is 18.9 Å². The van der Waals surface area contributed by atoms with Crippen molar-refractivity contribution in [1.82, 2.24) is 0 Å². The van der Waals surface area contributed by atoms with Crippen LogP contribution in [0.3, 0.4) is 0 Å². The summed E-state index contributed by atoms with van der Waals surface area (Å²) in [5.41, 5.74) is 1.22. The summed E-state index contributed by atoms with van der Waals surface area (Å²) in [5, 5.41) is 4.01. The summed E-state index contributed by atoms with van der Waals surface area (Å²) < 4.78 is 12.8. The molecule has 1 N–H and O–H groups in total. The predicted octanol–water partition coefficient (Wildman–Crippen LogP) is 1.28. The number of hydrogen-bond acceptors (Lipinski definition) is 3. The smallest absolute Gasteiger partial charge is 0.334 e. The number of benzene rings is 1. The van der Waals surface area contributed by atoms with Gasteiger partial charge in [-0.3, -0.25) is 0 Å². The van der Waals surface area contributed by atoms with E-state index >= 15 is 0 Å². The molecule has 4 nitrogen and oxygen atoms in total. The highest BCUT2D eigenvalue weighted by Crippen LogP contribution is 2.10. The number of likely N-dealkylation sites (tertiary alicyclic amines) is 1. The van der Waals surface area contributed by atoms with Gasteiger partial charge in [0.1, 0.15) is 5.82 Å². The first-order valence-corrected chi connectivity index (χ1v) is 6.83. The molecule has 1 aromatic rings. The fraction of sp³-hybridized carbons (Fsp3) is 0.467. The van der Waals surface area contributed by atoms with Crippen LogP contribution < -0.4 is 4.90 Å². The second-order valence-corrected chi connectivity index (χ2v) is 5.52. The highest BCUT2D eigenvalue weighted by Gasteiger charge is 2.29. The van der Waals surface area contributed by atoms with Gasteiger partial charge in [-0.25, -0.2) is 9.18 Å². The van der Waals surface area contributed by atoms with E-state index in [1.807, 2.05) is 0 Å². The second kappa shape index (κ2) is 6.13. The maximum atomic E-state index is 12.8. The molecule has 0 aliphatic carbocycles. The van der Waals surface area contributed by atoms with Crippen LogP contribution in [-0.2, 0) is 4.84 Å². The zero-order chi connectivity index (χ0) is 14.7. The van der Waals surface area contributed by atoms with Gasteiger partial charge < -0.3 is 9.74 Å². The number of carbonyl (C=O) groups excluding carboxylic acids is 1. The molecule has 0 saturated carbocycles. The van der Waals surface area contributed by atoms with Crippen LogP contribution in [0.1, 0.15) is 30.6 Å². The van der Waals surface area contributed by atoms with E-state index in [1.165, 1.54) is 29.2 Å². The van der Waals surface area contributed by atoms with Gasteiger partial charge >= 0.3 is 5.97 Å². The largest absolute Gasteiger partial charge is 0.365 e. The lowest BCUT2D eigenvalue weighted by Crippen LogP contribution is -3.14. The summed E-state index contributed by atoms with van der Waals surface area (Å²) in [6, 6.07) is 5.71. The topological polar surface area (TPSA) is 43.1 Å². The van der Waals surface area contributed by atoms with Crippen molar-refractivity contribution in [2.45, 2.75) is 26.3 Å². The van der Waals surface area contributed by atoms with Crippen molar-refractivity contribution in [3.05, 3.63) is 35.6 Å². The molecule has 0 aromatic heterocycles. The number of nitrogens with zero attached hydrogens (tertiary/aromatic N) is 1. The van der Waals surface area contributed by atoms with Gasteiger partial charge in [0.25, 0.3) is 0 Å². The van der Waals surface area contributed by atoms with Crippen LogP contribution in [0, 0.1) is 11.7 Å². The van der Waals surface area contributed by atoms with Crippen LogP contribution in [0.4, 0.5) is 4.39 Å². The Morgan fingerprint density at radius 3 is 2.65 bits per heavy atom. The number of piperidine rings is 1. The molecular formula is C15H20FN2O2+. The van der Waals surface area contributed by atoms with Gasteiger partial charge in [0, 0.05) is 12.3 Å². The van der Waals surface area contributed by atoms with Gasteiger partial charge in [-0.1, -0.05) is 12.1 Å². The Morgan fingerprint density at radius 2 is 2.00 bits per heavy atom. The van der Waals surface area contributed by atoms with Gasteiger partial charge in [0.15, 0.2) is 0 Å². The molecule has 0 amide bonds. The fourth-order valence-electron chi connectivity index (χ4n) is 2.36. The van der Waals surface area contributed by atoms with E-state index in [2.05, 4.69) is 26.1 Å². The third-order valence-electron chi connectivity index (χ3n) is 3.88. The first-order valence-electron chi connectivity index (χ1n) is 6.83. The van der Waals surface area contributed by atoms with Crippen LogP contribution in [0.5, 0.6) is 0 Å². The van der Waals surface area contributed by atoms with Crippen molar-refractivity contribution in [3.8, 4) is 0 Å². The normalized spacial score (nSPS) is 28.4. The zero-order valence-corrected chi connectivity index (χ0v) is 12.0. The molecule has 3 atom stereocenters. The van der Waals surface area contributed by atoms with Crippen LogP contribution in [0.15, 0.2) is 29.4 Å². The fourth-order valence-corrected chi connectivity index (χ4v) is 2.36. The predicted molar refractivity (Wildman–Crippen MR) is 74.2 cm³/mol. The molecule has 0 spiro atoms. The summed E-state index contributed by atoms with van der Waals surface area (Å²) in [7, 11) is 2.16. The van der Waals surface area contributed by atoms with Gasteiger partial charge in [0.2, 0.25) is 0 Å². The monoisotopic (exact) mass is 279 g/mol. The lowest BCUT2D eigenvalue weighted by Gasteiger charge is -2.31. The van der Waals surface area contributed by atoms with E-state index in [9.17, 15) is 9.18 Å². The third kappa shape index (κ3) is 3.42. The minimum absolute atomic E-state index is 0.298. The van der Waals surface area contributed by atoms with Crippen LogP contribution in [0.25, 0.3) is 0 Å². The summed E-state index contributed by atoms with van der Waals surface area (Å²) in [4.78, 5) is 18.2. The highest BCUT2D eigenvalue weighted by molar-refractivity contribution is 5.91. The zero-order valence-electron chi connectivity index (χ0n) is 12.0. The summed E-state index contributed by atoms with van der Waals surface area (Å²) in [5.74, 6) is -0.635. The number of carbonyl (C=O) groups is 1. The molecule has 1 aliphatic heterocycles. The molecule has 1 saturated heterocycles. The Morgan fingerprint density at radius 1 is 1.35 bits per heavy atom. The second-order valence-electron chi connectivity index (χ2n) is 5.52. The first-order chi connectivity index (χ1) is 9.47. The summed E-state index contributed by atoms with van der Waals surface area (Å²) >= 11 is 0. The molecule has 2 rings (SSSR count). The molecule has 1 aromatic carbocycles. The SMILES string of the molecule is C[C@@H]1C/C(=N/OC(=O)c2ccc(F)cc2)[C@@H](C)C[NH+]1C. The molecule has 1 unspecified atom stereocenters. The lowest BCUT2D eigenvalue weighted by molar-refractivity contribution is -0.908. The average molecular weight is 279 g/mol. The maximum absolute atomic E-state index is 12.8.